The summed E-state index contributed by atoms with van der Waals surface area (Å²) in [7, 11) is -4.50. The van der Waals surface area contributed by atoms with Crippen molar-refractivity contribution < 1.29 is 54.3 Å². The van der Waals surface area contributed by atoms with Crippen LogP contribution in [-0.2, 0) is 39.9 Å². The Hall–Kier alpha value is -2.84. The van der Waals surface area contributed by atoms with Gasteiger partial charge in [-0.25, -0.2) is 26.8 Å². The molecule has 3 aromatic rings. The van der Waals surface area contributed by atoms with E-state index in [0.717, 1.165) is 36.8 Å². The van der Waals surface area contributed by atoms with E-state index in [1.54, 1.807) is 30.3 Å². The second-order valence-electron chi connectivity index (χ2n) is 11.8. The van der Waals surface area contributed by atoms with Crippen LogP contribution in [0.3, 0.4) is 0 Å². The number of ether oxygens (including phenoxy) is 2. The second kappa shape index (κ2) is 18.8. The molecule has 0 amide bonds. The summed E-state index contributed by atoms with van der Waals surface area (Å²) in [5.74, 6) is -2.67. The van der Waals surface area contributed by atoms with Crippen molar-refractivity contribution in [2.75, 3.05) is 13.2 Å². The third-order valence-corrected chi connectivity index (χ3v) is 12.5. The van der Waals surface area contributed by atoms with Crippen LogP contribution < -0.4 is 4.74 Å². The average Bonchev–Trinajstić information content (AvgIpc) is 3.11. The predicted molar refractivity (Wildman–Crippen MR) is 196 cm³/mol. The maximum atomic E-state index is 15.2. The molecule has 1 saturated carbocycles. The van der Waals surface area contributed by atoms with Crippen molar-refractivity contribution in [2.45, 2.75) is 67.2 Å². The van der Waals surface area contributed by atoms with Crippen LogP contribution in [0.15, 0.2) is 81.0 Å². The van der Waals surface area contributed by atoms with E-state index >= 15 is 4.39 Å². The number of rotatable bonds is 15. The molecule has 0 aliphatic heterocycles. The summed E-state index contributed by atoms with van der Waals surface area (Å²) in [5.41, 5.74) is -0.742. The van der Waals surface area contributed by atoms with Crippen LogP contribution in [0.4, 0.5) is 22.0 Å². The van der Waals surface area contributed by atoms with Gasteiger partial charge in [0.1, 0.15) is 39.2 Å². The average molecular weight is 962 g/mol. The number of halogens is 7. The Kier molecular flexibility index (Phi) is 15.1. The normalized spacial score (nSPS) is 18.4. The van der Waals surface area contributed by atoms with Crippen LogP contribution >= 0.6 is 35.7 Å². The number of unbranched alkanes of at least 4 members (excludes halogenated alkanes) is 1. The molecule has 8 nitrogen and oxygen atoms in total. The lowest BCUT2D eigenvalue weighted by atomic mass is 9.76. The Morgan fingerprint density at radius 3 is 2.27 bits per heavy atom. The van der Waals surface area contributed by atoms with Crippen molar-refractivity contribution >= 4 is 63.5 Å². The van der Waals surface area contributed by atoms with Crippen LogP contribution in [0.25, 0.3) is 6.08 Å². The minimum atomic E-state index is -4.69. The van der Waals surface area contributed by atoms with Gasteiger partial charge < -0.3 is 9.47 Å². The molecule has 1 fully saturated rings. The molecule has 0 atom stereocenters. The monoisotopic (exact) mass is 961 g/mol. The molecule has 0 spiro atoms. The van der Waals surface area contributed by atoms with Gasteiger partial charge in [0.05, 0.1) is 23.7 Å². The molecule has 0 bridgehead atoms. The smallest absolute Gasteiger partial charge is 0.416 e. The fourth-order valence-corrected chi connectivity index (χ4v) is 9.04. The zero-order chi connectivity index (χ0) is 37.1. The van der Waals surface area contributed by atoms with Gasteiger partial charge in [0.25, 0.3) is 0 Å². The molecule has 0 unspecified atom stereocenters. The number of benzene rings is 3. The number of hydrogen-bond acceptors (Lipinski definition) is 8. The highest BCUT2D eigenvalue weighted by atomic mass is 128. The first-order chi connectivity index (χ1) is 24.2. The SMILES string of the molecule is O=C(/C=C/c1ccc(OC(=O)CCC2CCC(c3cc(F)ccc3F)(S(=O)(=O)c3ccc(C(F)(F)F)cc3)CC2)cc1)OCCCCON=II. The summed E-state index contributed by atoms with van der Waals surface area (Å²) < 4.78 is 109. The maximum Gasteiger partial charge on any atom is 0.416 e. The quantitative estimate of drug-likeness (QED) is 0.0284. The highest BCUT2D eigenvalue weighted by Crippen LogP contribution is 2.50. The van der Waals surface area contributed by atoms with Crippen LogP contribution in [0.1, 0.15) is 68.1 Å². The number of hydrogen-bond donors (Lipinski definition) is 0. The van der Waals surface area contributed by atoms with E-state index in [1.165, 1.54) is 6.08 Å². The first-order valence-corrected chi connectivity index (χ1v) is 24.6. The molecule has 0 saturated heterocycles. The lowest BCUT2D eigenvalue weighted by molar-refractivity contribution is -0.138. The first-order valence-electron chi connectivity index (χ1n) is 15.9. The molecular weight excluding hydrogens is 927 g/mol. The van der Waals surface area contributed by atoms with Gasteiger partial charge in [-0.1, -0.05) is 12.1 Å². The van der Waals surface area contributed by atoms with Crippen molar-refractivity contribution in [1.82, 2.24) is 0 Å². The molecule has 16 heteroatoms. The van der Waals surface area contributed by atoms with E-state index in [-0.39, 0.29) is 73.0 Å². The van der Waals surface area contributed by atoms with Crippen LogP contribution in [0.2, 0.25) is 0 Å². The van der Waals surface area contributed by atoms with Crippen molar-refractivity contribution in [3.8, 4) is 5.75 Å². The van der Waals surface area contributed by atoms with E-state index in [1.807, 2.05) is 0 Å². The van der Waals surface area contributed by atoms with Crippen molar-refractivity contribution in [1.29, 1.82) is 0 Å². The van der Waals surface area contributed by atoms with Gasteiger partial charge in [0.2, 0.25) is 0 Å². The van der Waals surface area contributed by atoms with Gasteiger partial charge in [0.15, 0.2) is 9.84 Å². The molecule has 3 aromatic carbocycles. The maximum absolute atomic E-state index is 15.2. The zero-order valence-corrected chi connectivity index (χ0v) is 32.1. The Labute approximate surface area is 312 Å². The Morgan fingerprint density at radius 1 is 0.961 bits per heavy atom. The fraction of sp³-hybridized carbons (Fsp3) is 0.371. The Morgan fingerprint density at radius 2 is 1.63 bits per heavy atom. The first kappa shape index (κ1) is 40.9. The summed E-state index contributed by atoms with van der Waals surface area (Å²) >= 11 is 1.88. The summed E-state index contributed by atoms with van der Waals surface area (Å²) in [6.07, 6.45) is 0.0895. The van der Waals surface area contributed by atoms with Gasteiger partial charge in [-0.05, 0) is 117 Å². The molecule has 0 heterocycles. The van der Waals surface area contributed by atoms with Gasteiger partial charge in [-0.3, -0.25) is 4.79 Å². The van der Waals surface area contributed by atoms with Gasteiger partial charge in [-0.15, -0.1) is 3.31 Å². The molecule has 4 rings (SSSR count). The lowest BCUT2D eigenvalue weighted by Crippen LogP contribution is -2.40. The van der Waals surface area contributed by atoms with Crippen molar-refractivity contribution in [3.63, 3.8) is 0 Å². The minimum absolute atomic E-state index is 0.00563. The zero-order valence-electron chi connectivity index (χ0n) is 27.0. The molecule has 1 aliphatic carbocycles. The molecule has 276 valence electrons. The summed E-state index contributed by atoms with van der Waals surface area (Å²) in [4.78, 5) is 29.2. The number of alkyl halides is 3. The highest BCUT2D eigenvalue weighted by molar-refractivity contribution is 15.0. The summed E-state index contributed by atoms with van der Waals surface area (Å²) in [6, 6.07) is 11.9. The van der Waals surface area contributed by atoms with E-state index in [4.69, 9.17) is 14.3 Å². The van der Waals surface area contributed by atoms with Gasteiger partial charge in [0, 0.05) is 36.7 Å². The Bertz CT molecular complexity index is 1810. The number of esters is 2. The molecule has 0 radical (unpaired) electrons. The number of carbonyl (C=O) groups excluding carboxylic acids is 2. The highest BCUT2D eigenvalue weighted by Gasteiger charge is 2.50. The van der Waals surface area contributed by atoms with E-state index < -0.39 is 54.8 Å². The molecule has 0 aromatic heterocycles. The van der Waals surface area contributed by atoms with Crippen LogP contribution in [0, 0.1) is 17.6 Å². The topological polar surface area (TPSA) is 108 Å². The van der Waals surface area contributed by atoms with Crippen LogP contribution in [0.5, 0.6) is 5.75 Å². The number of nitrogens with zero attached hydrogens (tertiary/aromatic N) is 1. The van der Waals surface area contributed by atoms with Crippen LogP contribution in [-0.4, -0.2) is 33.6 Å². The molecule has 51 heavy (non-hydrogen) atoms. The largest absolute Gasteiger partial charge is 0.463 e. The number of sulfone groups is 1. The molecular formula is C35H34F5I2NO7S. The Balaban J connectivity index is 1.32. The van der Waals surface area contributed by atoms with E-state index in [9.17, 15) is 35.6 Å². The van der Waals surface area contributed by atoms with Crippen molar-refractivity contribution in [2.24, 2.45) is 9.23 Å². The summed E-state index contributed by atoms with van der Waals surface area (Å²) in [5, 5.41) is 0. The fourth-order valence-electron chi connectivity index (χ4n) is 5.87. The van der Waals surface area contributed by atoms with E-state index in [2.05, 4.69) is 21.9 Å². The van der Waals surface area contributed by atoms with E-state index in [0.29, 0.717) is 37.1 Å². The molecule has 1 aliphatic rings. The van der Waals surface area contributed by atoms with Gasteiger partial charge in [-0.2, -0.15) is 13.2 Å². The van der Waals surface area contributed by atoms with Gasteiger partial charge >= 0.3 is 18.1 Å². The summed E-state index contributed by atoms with van der Waals surface area (Å²) in [6.45, 7) is 0.744. The predicted octanol–water partition coefficient (Wildman–Crippen LogP) is 10.0. The second-order valence-corrected chi connectivity index (χ2v) is 17.3. The third kappa shape index (κ3) is 11.3. The lowest BCUT2D eigenvalue weighted by Gasteiger charge is -2.40. The third-order valence-electron chi connectivity index (χ3n) is 8.57. The molecule has 0 N–H and O–H groups in total. The van der Waals surface area contributed by atoms with Crippen molar-refractivity contribution in [3.05, 3.63) is 101 Å². The standard InChI is InChI=1S/C35H34F5I2NO7S/c36-27-9-14-31(37)30(23-27)34(51(46,47)29-12-7-26(8-13-29)35(38,39)40)19-17-25(18-20-34)6-16-33(45)50-28-10-3-24(4-11-28)5-15-32(44)48-21-1-2-22-49-43-42-41/h3-5,7-15,23,25H,1-2,6,16-22H2/b15-5+. The number of carbonyl (C=O) groups is 2. The minimum Gasteiger partial charge on any atom is -0.463 e.